The summed E-state index contributed by atoms with van der Waals surface area (Å²) in [5.74, 6) is 8.26. The van der Waals surface area contributed by atoms with Gasteiger partial charge in [-0.1, -0.05) is 11.8 Å². The average Bonchev–Trinajstić information content (AvgIpc) is 3.04. The Balaban J connectivity index is 1.93. The summed E-state index contributed by atoms with van der Waals surface area (Å²) in [6.45, 7) is 0.562. The Bertz CT molecular complexity index is 467. The Labute approximate surface area is 115 Å². The largest absolute Gasteiger partial charge is 0.384 e. The lowest BCUT2D eigenvalue weighted by Gasteiger charge is -2.09. The Morgan fingerprint density at radius 3 is 3.22 bits per heavy atom. The minimum atomic E-state index is -0.184. The molecule has 2 heterocycles. The van der Waals surface area contributed by atoms with Crippen LogP contribution in [0.5, 0.6) is 0 Å². The summed E-state index contributed by atoms with van der Waals surface area (Å²) in [4.78, 5) is 12.6. The summed E-state index contributed by atoms with van der Waals surface area (Å²) in [5.41, 5.74) is 0.701. The van der Waals surface area contributed by atoms with Gasteiger partial charge in [0, 0.05) is 12.1 Å². The van der Waals surface area contributed by atoms with Gasteiger partial charge in [0.25, 0.3) is 5.91 Å². The zero-order valence-corrected chi connectivity index (χ0v) is 11.6. The van der Waals surface area contributed by atoms with Crippen LogP contribution in [0.2, 0.25) is 0 Å². The highest BCUT2D eigenvalue weighted by Gasteiger charge is 2.18. The van der Waals surface area contributed by atoms with Crippen molar-refractivity contribution in [2.75, 3.05) is 24.7 Å². The van der Waals surface area contributed by atoms with Crippen molar-refractivity contribution < 1.29 is 9.90 Å². The smallest absolute Gasteiger partial charge is 0.262 e. The number of carbonyl (C=O) groups is 1. The van der Waals surface area contributed by atoms with Gasteiger partial charge in [0.1, 0.15) is 11.5 Å². The molecule has 1 unspecified atom stereocenters. The number of nitrogens with one attached hydrogen (secondary N) is 1. The maximum absolute atomic E-state index is 12.0. The Hall–Kier alpha value is -0.960. The zero-order valence-electron chi connectivity index (χ0n) is 9.94. The third-order valence-corrected chi connectivity index (χ3v) is 4.89. The molecular weight excluding hydrogens is 266 g/mol. The van der Waals surface area contributed by atoms with Crippen LogP contribution >= 0.6 is 23.1 Å². The molecule has 3 nitrogen and oxygen atoms in total. The molecule has 0 saturated carbocycles. The third-order valence-electron chi connectivity index (χ3n) is 2.75. The molecule has 96 valence electrons. The molecule has 1 aromatic heterocycles. The van der Waals surface area contributed by atoms with Gasteiger partial charge in [-0.3, -0.25) is 4.79 Å². The fourth-order valence-corrected chi connectivity index (χ4v) is 3.83. The molecule has 0 aromatic carbocycles. The molecule has 2 rings (SSSR count). The van der Waals surface area contributed by atoms with E-state index in [9.17, 15) is 4.79 Å². The number of thiophene rings is 1. The number of thioether (sulfide) groups is 1. The topological polar surface area (TPSA) is 49.3 Å². The summed E-state index contributed by atoms with van der Waals surface area (Å²) < 4.78 is 0. The standard InChI is InChI=1S/C13H15NO2S2/c15-5-1-2-11-4-7-18-12(11)13(16)14-8-10-3-6-17-9-10/h4,7,10,15H,3,5-6,8-9H2,(H,14,16). The van der Waals surface area contributed by atoms with E-state index in [0.717, 1.165) is 12.3 Å². The molecule has 1 amide bonds. The highest BCUT2D eigenvalue weighted by Crippen LogP contribution is 2.23. The predicted molar refractivity (Wildman–Crippen MR) is 76.0 cm³/mol. The van der Waals surface area contributed by atoms with Crippen molar-refractivity contribution in [2.45, 2.75) is 6.42 Å². The highest BCUT2D eigenvalue weighted by molar-refractivity contribution is 7.99. The van der Waals surface area contributed by atoms with E-state index >= 15 is 0 Å². The van der Waals surface area contributed by atoms with Crippen molar-refractivity contribution >= 4 is 29.0 Å². The van der Waals surface area contributed by atoms with E-state index in [1.807, 2.05) is 23.2 Å². The van der Waals surface area contributed by atoms with Gasteiger partial charge in [-0.25, -0.2) is 0 Å². The Morgan fingerprint density at radius 1 is 1.61 bits per heavy atom. The fraction of sp³-hybridized carbons (Fsp3) is 0.462. The van der Waals surface area contributed by atoms with E-state index < -0.39 is 0 Å². The minimum absolute atomic E-state index is 0.0517. The summed E-state index contributed by atoms with van der Waals surface area (Å²) in [5, 5.41) is 13.5. The number of aliphatic hydroxyl groups is 1. The molecule has 1 aromatic rings. The first kappa shape index (κ1) is 13.5. The van der Waals surface area contributed by atoms with Gasteiger partial charge in [-0.15, -0.1) is 11.3 Å². The monoisotopic (exact) mass is 281 g/mol. The second kappa shape index (κ2) is 6.83. The first-order chi connectivity index (χ1) is 8.81. The third kappa shape index (κ3) is 3.52. The van der Waals surface area contributed by atoms with E-state index in [4.69, 9.17) is 5.11 Å². The van der Waals surface area contributed by atoms with Gasteiger partial charge >= 0.3 is 0 Å². The summed E-state index contributed by atoms with van der Waals surface area (Å²) >= 11 is 3.34. The van der Waals surface area contributed by atoms with E-state index in [-0.39, 0.29) is 12.5 Å². The molecule has 1 atom stereocenters. The maximum Gasteiger partial charge on any atom is 0.262 e. The van der Waals surface area contributed by atoms with E-state index in [2.05, 4.69) is 17.2 Å². The van der Waals surface area contributed by atoms with Crippen molar-refractivity contribution in [3.8, 4) is 11.8 Å². The van der Waals surface area contributed by atoms with E-state index in [0.29, 0.717) is 16.4 Å². The molecule has 5 heteroatoms. The van der Waals surface area contributed by atoms with Crippen molar-refractivity contribution in [3.63, 3.8) is 0 Å². The van der Waals surface area contributed by atoms with Crippen LogP contribution in [-0.4, -0.2) is 35.7 Å². The van der Waals surface area contributed by atoms with Crippen LogP contribution in [-0.2, 0) is 0 Å². The maximum atomic E-state index is 12.0. The van der Waals surface area contributed by atoms with Crippen LogP contribution in [0.3, 0.4) is 0 Å². The molecule has 18 heavy (non-hydrogen) atoms. The van der Waals surface area contributed by atoms with Crippen molar-refractivity contribution in [1.29, 1.82) is 0 Å². The molecule has 0 radical (unpaired) electrons. The second-order valence-corrected chi connectivity index (χ2v) is 6.13. The first-order valence-corrected chi connectivity index (χ1v) is 7.88. The van der Waals surface area contributed by atoms with Gasteiger partial charge < -0.3 is 10.4 Å². The van der Waals surface area contributed by atoms with Crippen LogP contribution in [0.1, 0.15) is 21.7 Å². The molecular formula is C13H15NO2S2. The summed E-state index contributed by atoms with van der Waals surface area (Å²) in [7, 11) is 0. The highest BCUT2D eigenvalue weighted by atomic mass is 32.2. The van der Waals surface area contributed by atoms with Crippen LogP contribution in [0.15, 0.2) is 11.4 Å². The average molecular weight is 281 g/mol. The van der Waals surface area contributed by atoms with Crippen molar-refractivity contribution in [2.24, 2.45) is 5.92 Å². The van der Waals surface area contributed by atoms with Crippen LogP contribution in [0, 0.1) is 17.8 Å². The lowest BCUT2D eigenvalue weighted by atomic mass is 10.1. The van der Waals surface area contributed by atoms with Gasteiger partial charge in [0.2, 0.25) is 0 Å². The molecule has 0 bridgehead atoms. The molecule has 1 fully saturated rings. The van der Waals surface area contributed by atoms with E-state index in [1.54, 1.807) is 0 Å². The predicted octanol–water partition coefficient (Wildman–Crippen LogP) is 1.57. The summed E-state index contributed by atoms with van der Waals surface area (Å²) in [6, 6.07) is 1.81. The van der Waals surface area contributed by atoms with Crippen LogP contribution in [0.25, 0.3) is 0 Å². The quantitative estimate of drug-likeness (QED) is 0.827. The molecule has 1 saturated heterocycles. The normalized spacial score (nSPS) is 18.2. The number of hydrogen-bond acceptors (Lipinski definition) is 4. The number of carbonyl (C=O) groups excluding carboxylic acids is 1. The SMILES string of the molecule is O=C(NCC1CCSC1)c1sccc1C#CCO. The molecule has 0 aliphatic carbocycles. The Morgan fingerprint density at radius 2 is 2.50 bits per heavy atom. The van der Waals surface area contributed by atoms with Gasteiger partial charge in [-0.05, 0) is 35.3 Å². The second-order valence-electron chi connectivity index (χ2n) is 4.06. The molecule has 1 aliphatic heterocycles. The number of rotatable bonds is 3. The fourth-order valence-electron chi connectivity index (χ4n) is 1.78. The lowest BCUT2D eigenvalue weighted by molar-refractivity contribution is 0.0952. The first-order valence-electron chi connectivity index (χ1n) is 5.84. The van der Waals surface area contributed by atoms with Crippen molar-refractivity contribution in [3.05, 3.63) is 21.9 Å². The van der Waals surface area contributed by atoms with E-state index in [1.165, 1.54) is 23.5 Å². The minimum Gasteiger partial charge on any atom is -0.384 e. The number of hydrogen-bond donors (Lipinski definition) is 2. The Kier molecular flexibility index (Phi) is 5.12. The van der Waals surface area contributed by atoms with Crippen LogP contribution in [0.4, 0.5) is 0 Å². The molecule has 1 aliphatic rings. The lowest BCUT2D eigenvalue weighted by Crippen LogP contribution is -2.29. The summed E-state index contributed by atoms with van der Waals surface area (Å²) in [6.07, 6.45) is 1.19. The van der Waals surface area contributed by atoms with Crippen LogP contribution < -0.4 is 5.32 Å². The van der Waals surface area contributed by atoms with Gasteiger partial charge in [0.15, 0.2) is 0 Å². The van der Waals surface area contributed by atoms with Gasteiger partial charge in [-0.2, -0.15) is 11.8 Å². The van der Waals surface area contributed by atoms with Crippen molar-refractivity contribution in [1.82, 2.24) is 5.32 Å². The molecule has 2 N–H and O–H groups in total. The number of amides is 1. The number of aliphatic hydroxyl groups excluding tert-OH is 1. The molecule has 0 spiro atoms. The van der Waals surface area contributed by atoms with Gasteiger partial charge in [0.05, 0.1) is 0 Å². The zero-order chi connectivity index (χ0) is 12.8.